The van der Waals surface area contributed by atoms with Gasteiger partial charge in [-0.2, -0.15) is 15.3 Å². The monoisotopic (exact) mass is 296 g/mol. The number of nitrogens with zero attached hydrogens (tertiary/aromatic N) is 5. The first kappa shape index (κ1) is 15.7. The molecule has 0 saturated carbocycles. The number of benzene rings is 1. The van der Waals surface area contributed by atoms with Crippen LogP contribution in [0.1, 0.15) is 32.3 Å². The number of rotatable bonds is 7. The van der Waals surface area contributed by atoms with Gasteiger partial charge in [0.1, 0.15) is 0 Å². The van der Waals surface area contributed by atoms with E-state index in [1.807, 2.05) is 12.1 Å². The second kappa shape index (κ2) is 7.93. The summed E-state index contributed by atoms with van der Waals surface area (Å²) in [5, 5.41) is 20.3. The van der Waals surface area contributed by atoms with Crippen LogP contribution in [0.25, 0.3) is 0 Å². The van der Waals surface area contributed by atoms with Gasteiger partial charge in [0, 0.05) is 18.8 Å². The van der Waals surface area contributed by atoms with Gasteiger partial charge in [0.15, 0.2) is 5.82 Å². The molecule has 22 heavy (non-hydrogen) atoms. The zero-order valence-corrected chi connectivity index (χ0v) is 13.0. The summed E-state index contributed by atoms with van der Waals surface area (Å²) >= 11 is 0. The Balaban J connectivity index is 2.18. The minimum Gasteiger partial charge on any atom is -0.339 e. The largest absolute Gasteiger partial charge is 0.339 e. The molecule has 1 aromatic carbocycles. The molecule has 1 heterocycles. The molecular formula is C16H20N6. The second-order valence-electron chi connectivity index (χ2n) is 4.95. The molecule has 2 aromatic rings. The Bertz CT molecular complexity index is 643. The van der Waals surface area contributed by atoms with Crippen LogP contribution in [0.5, 0.6) is 0 Å². The highest BCUT2D eigenvalue weighted by Gasteiger charge is 2.09. The molecule has 1 N–H and O–H groups in total. The van der Waals surface area contributed by atoms with Gasteiger partial charge in [0.05, 0.1) is 17.8 Å². The Labute approximate surface area is 130 Å². The first-order chi connectivity index (χ1) is 10.8. The molecule has 0 aliphatic carbocycles. The lowest BCUT2D eigenvalue weighted by Gasteiger charge is -2.21. The van der Waals surface area contributed by atoms with Gasteiger partial charge in [0.2, 0.25) is 5.95 Å². The van der Waals surface area contributed by atoms with E-state index in [2.05, 4.69) is 45.3 Å². The van der Waals surface area contributed by atoms with Crippen LogP contribution in [0.2, 0.25) is 0 Å². The highest BCUT2D eigenvalue weighted by Crippen LogP contribution is 2.17. The minimum absolute atomic E-state index is 0.603. The minimum atomic E-state index is 0.603. The highest BCUT2D eigenvalue weighted by molar-refractivity contribution is 5.58. The molecule has 0 radical (unpaired) electrons. The molecule has 0 bridgehead atoms. The number of nitriles is 1. The van der Waals surface area contributed by atoms with E-state index in [1.165, 1.54) is 0 Å². The van der Waals surface area contributed by atoms with Crippen LogP contribution in [0.4, 0.5) is 17.5 Å². The van der Waals surface area contributed by atoms with Crippen molar-refractivity contribution in [2.45, 2.75) is 26.7 Å². The molecule has 0 aliphatic rings. The lowest BCUT2D eigenvalue weighted by atomic mass is 10.2. The average Bonchev–Trinajstić information content (AvgIpc) is 2.55. The van der Waals surface area contributed by atoms with E-state index in [1.54, 1.807) is 18.3 Å². The molecule has 1 aromatic heterocycles. The van der Waals surface area contributed by atoms with Gasteiger partial charge in [-0.1, -0.05) is 19.9 Å². The molecule has 0 saturated heterocycles. The van der Waals surface area contributed by atoms with E-state index in [4.69, 9.17) is 5.26 Å². The zero-order valence-electron chi connectivity index (χ0n) is 13.0. The van der Waals surface area contributed by atoms with Crippen molar-refractivity contribution in [3.05, 3.63) is 36.0 Å². The van der Waals surface area contributed by atoms with Gasteiger partial charge >= 0.3 is 0 Å². The van der Waals surface area contributed by atoms with Gasteiger partial charge in [-0.25, -0.2) is 0 Å². The maximum Gasteiger partial charge on any atom is 0.247 e. The fraction of sp³-hybridized carbons (Fsp3) is 0.375. The maximum atomic E-state index is 8.94. The van der Waals surface area contributed by atoms with E-state index in [-0.39, 0.29) is 0 Å². The molecule has 0 unspecified atom stereocenters. The summed E-state index contributed by atoms with van der Waals surface area (Å²) in [6.07, 6.45) is 3.65. The molecule has 0 atom stereocenters. The third kappa shape index (κ3) is 4.16. The Morgan fingerprint density at radius 3 is 2.68 bits per heavy atom. The maximum absolute atomic E-state index is 8.94. The zero-order chi connectivity index (χ0) is 15.8. The average molecular weight is 296 g/mol. The molecule has 6 heteroatoms. The van der Waals surface area contributed by atoms with Gasteiger partial charge in [-0.3, -0.25) is 0 Å². The van der Waals surface area contributed by atoms with Crippen LogP contribution >= 0.6 is 0 Å². The Morgan fingerprint density at radius 2 is 2.00 bits per heavy atom. The molecule has 0 spiro atoms. The third-order valence-electron chi connectivity index (χ3n) is 3.08. The van der Waals surface area contributed by atoms with Crippen molar-refractivity contribution in [2.24, 2.45) is 0 Å². The topological polar surface area (TPSA) is 77.7 Å². The summed E-state index contributed by atoms with van der Waals surface area (Å²) in [6, 6.07) is 9.38. The SMILES string of the molecule is CCCN(CCC)c1nncc(Nc2cccc(C#N)c2)n1. The van der Waals surface area contributed by atoms with E-state index in [0.717, 1.165) is 31.6 Å². The quantitative estimate of drug-likeness (QED) is 0.846. The molecule has 0 aliphatic heterocycles. The number of anilines is 3. The summed E-state index contributed by atoms with van der Waals surface area (Å²) in [4.78, 5) is 6.65. The van der Waals surface area contributed by atoms with E-state index in [9.17, 15) is 0 Å². The van der Waals surface area contributed by atoms with Crippen molar-refractivity contribution in [3.8, 4) is 6.07 Å². The smallest absolute Gasteiger partial charge is 0.247 e. The lowest BCUT2D eigenvalue weighted by molar-refractivity contribution is 0.711. The predicted octanol–water partition coefficient (Wildman–Crippen LogP) is 3.11. The summed E-state index contributed by atoms with van der Waals surface area (Å²) in [7, 11) is 0. The molecule has 0 amide bonds. The molecule has 0 fully saturated rings. The van der Waals surface area contributed by atoms with Crippen LogP contribution in [0, 0.1) is 11.3 Å². The van der Waals surface area contributed by atoms with E-state index < -0.39 is 0 Å². The number of hydrogen-bond acceptors (Lipinski definition) is 6. The summed E-state index contributed by atoms with van der Waals surface area (Å²) < 4.78 is 0. The van der Waals surface area contributed by atoms with E-state index in [0.29, 0.717) is 17.3 Å². The van der Waals surface area contributed by atoms with Gasteiger partial charge in [-0.05, 0) is 31.0 Å². The van der Waals surface area contributed by atoms with Crippen LogP contribution in [0.15, 0.2) is 30.5 Å². The summed E-state index contributed by atoms with van der Waals surface area (Å²) in [5.74, 6) is 1.25. The van der Waals surface area contributed by atoms with Crippen LogP contribution in [-0.2, 0) is 0 Å². The second-order valence-corrected chi connectivity index (χ2v) is 4.95. The Kier molecular flexibility index (Phi) is 5.66. The highest BCUT2D eigenvalue weighted by atomic mass is 15.3. The van der Waals surface area contributed by atoms with Crippen LogP contribution < -0.4 is 10.2 Å². The van der Waals surface area contributed by atoms with Crippen molar-refractivity contribution in [2.75, 3.05) is 23.3 Å². The standard InChI is InChI=1S/C16H20N6/c1-3-8-22(9-4-2)16-20-15(12-18-21-16)19-14-7-5-6-13(10-14)11-17/h5-7,10,12H,3-4,8-9H2,1-2H3,(H,19,20,21). The Morgan fingerprint density at radius 1 is 1.23 bits per heavy atom. The third-order valence-corrected chi connectivity index (χ3v) is 3.08. The molecular weight excluding hydrogens is 276 g/mol. The Hall–Kier alpha value is -2.68. The van der Waals surface area contributed by atoms with Crippen LogP contribution in [0.3, 0.4) is 0 Å². The van der Waals surface area contributed by atoms with Gasteiger partial charge < -0.3 is 10.2 Å². The number of aromatic nitrogens is 3. The first-order valence-electron chi connectivity index (χ1n) is 7.48. The van der Waals surface area contributed by atoms with E-state index >= 15 is 0 Å². The van der Waals surface area contributed by atoms with Crippen molar-refractivity contribution < 1.29 is 0 Å². The summed E-state index contributed by atoms with van der Waals surface area (Å²) in [6.45, 7) is 6.07. The molecule has 114 valence electrons. The summed E-state index contributed by atoms with van der Waals surface area (Å²) in [5.41, 5.74) is 1.41. The van der Waals surface area contributed by atoms with Gasteiger partial charge in [0.25, 0.3) is 0 Å². The molecule has 6 nitrogen and oxygen atoms in total. The number of hydrogen-bond donors (Lipinski definition) is 1. The normalized spacial score (nSPS) is 10.0. The lowest BCUT2D eigenvalue weighted by Crippen LogP contribution is -2.27. The van der Waals surface area contributed by atoms with Crippen molar-refractivity contribution in [3.63, 3.8) is 0 Å². The van der Waals surface area contributed by atoms with Crippen molar-refractivity contribution in [1.82, 2.24) is 15.2 Å². The molecule has 2 rings (SSSR count). The van der Waals surface area contributed by atoms with Crippen molar-refractivity contribution in [1.29, 1.82) is 5.26 Å². The first-order valence-corrected chi connectivity index (χ1v) is 7.48. The fourth-order valence-electron chi connectivity index (χ4n) is 2.15. The van der Waals surface area contributed by atoms with Gasteiger partial charge in [-0.15, -0.1) is 5.10 Å². The fourth-order valence-corrected chi connectivity index (χ4v) is 2.15. The number of nitrogens with one attached hydrogen (secondary N) is 1. The van der Waals surface area contributed by atoms with Crippen LogP contribution in [-0.4, -0.2) is 28.3 Å². The predicted molar refractivity (Wildman–Crippen MR) is 87.1 cm³/mol. The van der Waals surface area contributed by atoms with Crippen molar-refractivity contribution >= 4 is 17.5 Å².